The van der Waals surface area contributed by atoms with Crippen molar-refractivity contribution in [3.63, 3.8) is 0 Å². The SMILES string of the molecule is COc1ccc(-c2[nH]c(NC(C)(C)C3CCOCC3)nc2C)cc1S(=O)(=O)Nc1ccccc1Cl. The second-order valence-electron chi connectivity index (χ2n) is 9.23. The second kappa shape index (κ2) is 10.1. The number of halogens is 1. The molecule has 188 valence electrons. The molecule has 1 saturated heterocycles. The fourth-order valence-electron chi connectivity index (χ4n) is 4.41. The molecule has 35 heavy (non-hydrogen) atoms. The number of sulfonamides is 1. The number of hydrogen-bond acceptors (Lipinski definition) is 6. The zero-order valence-electron chi connectivity index (χ0n) is 20.3. The molecule has 1 aliphatic heterocycles. The molecule has 0 amide bonds. The Bertz CT molecular complexity index is 1300. The van der Waals surface area contributed by atoms with Crippen molar-refractivity contribution >= 4 is 33.3 Å². The number of para-hydroxylation sites is 1. The van der Waals surface area contributed by atoms with E-state index in [-0.39, 0.29) is 16.2 Å². The molecule has 3 N–H and O–H groups in total. The van der Waals surface area contributed by atoms with Crippen LogP contribution >= 0.6 is 11.6 Å². The van der Waals surface area contributed by atoms with E-state index in [0.29, 0.717) is 28.1 Å². The third kappa shape index (κ3) is 5.58. The first-order chi connectivity index (χ1) is 16.6. The zero-order chi connectivity index (χ0) is 25.2. The Morgan fingerprint density at radius 3 is 2.57 bits per heavy atom. The lowest BCUT2D eigenvalue weighted by molar-refractivity contribution is 0.0490. The number of aromatic nitrogens is 2. The summed E-state index contributed by atoms with van der Waals surface area (Å²) in [5.41, 5.74) is 2.27. The average Bonchev–Trinajstić information content (AvgIpc) is 3.19. The summed E-state index contributed by atoms with van der Waals surface area (Å²) in [5, 5.41) is 3.84. The molecule has 1 aromatic heterocycles. The molecule has 1 aliphatic rings. The fourth-order valence-corrected chi connectivity index (χ4v) is 5.93. The van der Waals surface area contributed by atoms with Gasteiger partial charge < -0.3 is 19.8 Å². The first-order valence-electron chi connectivity index (χ1n) is 11.5. The number of rotatable bonds is 8. The molecule has 0 unspecified atom stereocenters. The van der Waals surface area contributed by atoms with Gasteiger partial charge in [0.2, 0.25) is 5.95 Å². The molecule has 8 nitrogen and oxygen atoms in total. The number of methoxy groups -OCH3 is 1. The molecule has 2 aromatic carbocycles. The number of anilines is 2. The molecule has 1 fully saturated rings. The maximum absolute atomic E-state index is 13.3. The van der Waals surface area contributed by atoms with Gasteiger partial charge in [0, 0.05) is 24.3 Å². The van der Waals surface area contributed by atoms with Crippen LogP contribution in [0, 0.1) is 12.8 Å². The van der Waals surface area contributed by atoms with Crippen LogP contribution in [0.3, 0.4) is 0 Å². The van der Waals surface area contributed by atoms with E-state index in [4.69, 9.17) is 21.1 Å². The van der Waals surface area contributed by atoms with Crippen molar-refractivity contribution in [1.29, 1.82) is 0 Å². The first-order valence-corrected chi connectivity index (χ1v) is 13.3. The molecule has 2 heterocycles. The third-order valence-electron chi connectivity index (χ3n) is 6.43. The minimum Gasteiger partial charge on any atom is -0.495 e. The van der Waals surface area contributed by atoms with Gasteiger partial charge in [0.1, 0.15) is 10.6 Å². The Hall–Kier alpha value is -2.75. The van der Waals surface area contributed by atoms with Crippen LogP contribution in [0.25, 0.3) is 11.3 Å². The second-order valence-corrected chi connectivity index (χ2v) is 11.3. The normalized spacial score (nSPS) is 15.1. The summed E-state index contributed by atoms with van der Waals surface area (Å²) in [5.74, 6) is 1.33. The lowest BCUT2D eigenvalue weighted by Crippen LogP contribution is -2.42. The maximum Gasteiger partial charge on any atom is 0.265 e. The first kappa shape index (κ1) is 25.3. The van der Waals surface area contributed by atoms with Crippen LogP contribution in [0.15, 0.2) is 47.4 Å². The van der Waals surface area contributed by atoms with E-state index in [1.807, 2.05) is 6.92 Å². The molecule has 0 atom stereocenters. The van der Waals surface area contributed by atoms with Crippen LogP contribution in [0.4, 0.5) is 11.6 Å². The van der Waals surface area contributed by atoms with Crippen LogP contribution in [-0.2, 0) is 14.8 Å². The number of nitrogens with zero attached hydrogens (tertiary/aromatic N) is 1. The number of nitrogens with one attached hydrogen (secondary N) is 3. The minimum absolute atomic E-state index is 0.00321. The van der Waals surface area contributed by atoms with E-state index in [2.05, 4.69) is 33.9 Å². The largest absolute Gasteiger partial charge is 0.495 e. The van der Waals surface area contributed by atoms with E-state index in [0.717, 1.165) is 37.4 Å². The fraction of sp³-hybridized carbons (Fsp3) is 0.400. The predicted octanol–water partition coefficient (Wildman–Crippen LogP) is 5.47. The topological polar surface area (TPSA) is 105 Å². The van der Waals surface area contributed by atoms with E-state index in [1.54, 1.807) is 42.5 Å². The number of ether oxygens (including phenoxy) is 2. The highest BCUT2D eigenvalue weighted by Crippen LogP contribution is 2.35. The number of aromatic amines is 1. The molecule has 0 radical (unpaired) electrons. The minimum atomic E-state index is -3.98. The summed E-state index contributed by atoms with van der Waals surface area (Å²) < 4.78 is 40.0. The van der Waals surface area contributed by atoms with Crippen LogP contribution in [0.2, 0.25) is 5.02 Å². The molecular formula is C25H31ClN4O4S. The zero-order valence-corrected chi connectivity index (χ0v) is 21.9. The van der Waals surface area contributed by atoms with Gasteiger partial charge in [0.05, 0.1) is 29.2 Å². The summed E-state index contributed by atoms with van der Waals surface area (Å²) in [6.45, 7) is 7.75. The summed E-state index contributed by atoms with van der Waals surface area (Å²) in [4.78, 5) is 8.01. The van der Waals surface area contributed by atoms with Crippen molar-refractivity contribution < 1.29 is 17.9 Å². The average molecular weight is 519 g/mol. The van der Waals surface area contributed by atoms with Gasteiger partial charge in [-0.15, -0.1) is 0 Å². The van der Waals surface area contributed by atoms with Crippen LogP contribution < -0.4 is 14.8 Å². The van der Waals surface area contributed by atoms with E-state index < -0.39 is 10.0 Å². The van der Waals surface area contributed by atoms with Crippen molar-refractivity contribution in [2.45, 2.75) is 44.0 Å². The van der Waals surface area contributed by atoms with Crippen molar-refractivity contribution in [2.24, 2.45) is 5.92 Å². The lowest BCUT2D eigenvalue weighted by Gasteiger charge is -2.37. The van der Waals surface area contributed by atoms with Crippen LogP contribution in [0.1, 0.15) is 32.4 Å². The van der Waals surface area contributed by atoms with Gasteiger partial charge in [-0.25, -0.2) is 13.4 Å². The number of benzene rings is 2. The Balaban J connectivity index is 1.64. The van der Waals surface area contributed by atoms with Gasteiger partial charge in [0.15, 0.2) is 0 Å². The molecular weight excluding hydrogens is 488 g/mol. The van der Waals surface area contributed by atoms with Gasteiger partial charge in [-0.1, -0.05) is 23.7 Å². The van der Waals surface area contributed by atoms with Crippen molar-refractivity contribution in [1.82, 2.24) is 9.97 Å². The maximum atomic E-state index is 13.3. The van der Waals surface area contributed by atoms with Crippen molar-refractivity contribution in [2.75, 3.05) is 30.4 Å². The van der Waals surface area contributed by atoms with Crippen molar-refractivity contribution in [3.8, 4) is 17.0 Å². The van der Waals surface area contributed by atoms with Gasteiger partial charge in [-0.2, -0.15) is 0 Å². The summed E-state index contributed by atoms with van der Waals surface area (Å²) in [7, 11) is -2.54. The van der Waals surface area contributed by atoms with E-state index in [1.165, 1.54) is 7.11 Å². The third-order valence-corrected chi connectivity index (χ3v) is 8.14. The Kier molecular flexibility index (Phi) is 7.30. The lowest BCUT2D eigenvalue weighted by atomic mass is 9.82. The monoisotopic (exact) mass is 518 g/mol. The summed E-state index contributed by atoms with van der Waals surface area (Å²) in [6, 6.07) is 11.7. The molecule has 3 aromatic rings. The predicted molar refractivity (Wildman–Crippen MR) is 139 cm³/mol. The Morgan fingerprint density at radius 2 is 1.89 bits per heavy atom. The van der Waals surface area contributed by atoms with Gasteiger partial charge in [-0.05, 0) is 69.9 Å². The van der Waals surface area contributed by atoms with E-state index >= 15 is 0 Å². The van der Waals surface area contributed by atoms with Crippen LogP contribution in [-0.4, -0.2) is 44.2 Å². The van der Waals surface area contributed by atoms with Crippen LogP contribution in [0.5, 0.6) is 5.75 Å². The Labute approximate surface area is 211 Å². The number of hydrogen-bond donors (Lipinski definition) is 3. The van der Waals surface area contributed by atoms with Gasteiger partial charge in [0.25, 0.3) is 10.0 Å². The summed E-state index contributed by atoms with van der Waals surface area (Å²) >= 11 is 6.17. The van der Waals surface area contributed by atoms with Gasteiger partial charge in [-0.3, -0.25) is 4.72 Å². The number of imidazole rings is 1. The quantitative estimate of drug-likeness (QED) is 0.365. The highest BCUT2D eigenvalue weighted by molar-refractivity contribution is 7.92. The highest BCUT2D eigenvalue weighted by Gasteiger charge is 2.32. The molecule has 4 rings (SSSR count). The molecule has 10 heteroatoms. The molecule has 0 saturated carbocycles. The number of H-pyrrole nitrogens is 1. The van der Waals surface area contributed by atoms with E-state index in [9.17, 15) is 8.42 Å². The van der Waals surface area contributed by atoms with Gasteiger partial charge >= 0.3 is 0 Å². The molecule has 0 aliphatic carbocycles. The standard InChI is InChI=1S/C25H31ClN4O4S/c1-16-23(28-24(27-16)29-25(2,3)18-11-13-34-14-12-18)17-9-10-21(33-4)22(15-17)35(31,32)30-20-8-6-5-7-19(20)26/h5-10,15,18,30H,11-14H2,1-4H3,(H2,27,28,29). The van der Waals surface area contributed by atoms with Crippen molar-refractivity contribution in [3.05, 3.63) is 53.2 Å². The molecule has 0 bridgehead atoms. The Morgan fingerprint density at radius 1 is 1.17 bits per heavy atom. The number of aryl methyl sites for hydroxylation is 1. The highest BCUT2D eigenvalue weighted by atomic mass is 35.5. The smallest absolute Gasteiger partial charge is 0.265 e. The summed E-state index contributed by atoms with van der Waals surface area (Å²) in [6.07, 6.45) is 1.98. The molecule has 0 spiro atoms.